The number of benzene rings is 1. The van der Waals surface area contributed by atoms with Crippen molar-refractivity contribution >= 4 is 11.7 Å². The Morgan fingerprint density at radius 1 is 1.23 bits per heavy atom. The second-order valence-corrected chi connectivity index (χ2v) is 5.79. The van der Waals surface area contributed by atoms with Crippen molar-refractivity contribution in [3.05, 3.63) is 29.8 Å². The number of methoxy groups -OCH3 is 1. The summed E-state index contributed by atoms with van der Waals surface area (Å²) in [6.45, 7) is 5.65. The molecule has 0 radical (unpaired) electrons. The number of amides is 2. The Hall–Kier alpha value is -1.59. The van der Waals surface area contributed by atoms with Crippen LogP contribution < -0.4 is 5.32 Å². The zero-order chi connectivity index (χ0) is 15.8. The quantitative estimate of drug-likeness (QED) is 0.822. The normalized spacial score (nSPS) is 15.8. The number of anilines is 1. The van der Waals surface area contributed by atoms with Crippen molar-refractivity contribution in [1.29, 1.82) is 0 Å². The van der Waals surface area contributed by atoms with E-state index in [-0.39, 0.29) is 6.03 Å². The average Bonchev–Trinajstić information content (AvgIpc) is 2.54. The largest absolute Gasteiger partial charge is 0.382 e. The van der Waals surface area contributed by atoms with E-state index in [2.05, 4.69) is 5.32 Å². The van der Waals surface area contributed by atoms with E-state index in [0.717, 1.165) is 38.2 Å². The summed E-state index contributed by atoms with van der Waals surface area (Å²) < 4.78 is 10.5. The van der Waals surface area contributed by atoms with Crippen molar-refractivity contribution in [1.82, 2.24) is 4.90 Å². The predicted molar refractivity (Wildman–Crippen MR) is 87.2 cm³/mol. The van der Waals surface area contributed by atoms with E-state index < -0.39 is 0 Å². The molecule has 0 aromatic heterocycles. The Balaban J connectivity index is 1.69. The summed E-state index contributed by atoms with van der Waals surface area (Å²) in [5.41, 5.74) is 2.04. The number of carbonyl (C=O) groups is 1. The van der Waals surface area contributed by atoms with Crippen LogP contribution in [0.4, 0.5) is 10.5 Å². The molecule has 0 aliphatic carbocycles. The summed E-state index contributed by atoms with van der Waals surface area (Å²) in [6.07, 6.45) is 1.99. The molecule has 2 rings (SSSR count). The highest BCUT2D eigenvalue weighted by molar-refractivity contribution is 5.89. The average molecular weight is 306 g/mol. The first-order valence-corrected chi connectivity index (χ1v) is 7.88. The fourth-order valence-corrected chi connectivity index (χ4v) is 2.53. The van der Waals surface area contributed by atoms with Crippen molar-refractivity contribution in [2.45, 2.75) is 19.8 Å². The van der Waals surface area contributed by atoms with Crippen LogP contribution in [0.15, 0.2) is 24.3 Å². The molecule has 0 spiro atoms. The molecule has 0 unspecified atom stereocenters. The van der Waals surface area contributed by atoms with Gasteiger partial charge in [0.2, 0.25) is 0 Å². The molecule has 0 saturated carbocycles. The molecular weight excluding hydrogens is 280 g/mol. The molecule has 1 aromatic carbocycles. The lowest BCUT2D eigenvalue weighted by Crippen LogP contribution is -2.41. The zero-order valence-corrected chi connectivity index (χ0v) is 13.5. The number of nitrogens with zero attached hydrogens (tertiary/aromatic N) is 1. The molecule has 1 heterocycles. The first-order valence-electron chi connectivity index (χ1n) is 7.88. The van der Waals surface area contributed by atoms with E-state index in [9.17, 15) is 4.79 Å². The summed E-state index contributed by atoms with van der Waals surface area (Å²) in [6, 6.07) is 7.86. The zero-order valence-electron chi connectivity index (χ0n) is 13.5. The molecular formula is C17H26N2O3. The third-order valence-electron chi connectivity index (χ3n) is 3.99. The number of ether oxygens (including phenoxy) is 2. The molecule has 122 valence electrons. The number of nitrogens with one attached hydrogen (secondary N) is 1. The molecule has 1 aliphatic heterocycles. The van der Waals surface area contributed by atoms with Crippen LogP contribution >= 0.6 is 0 Å². The molecule has 5 heteroatoms. The Kier molecular flexibility index (Phi) is 6.68. The van der Waals surface area contributed by atoms with Crippen molar-refractivity contribution in [3.63, 3.8) is 0 Å². The maximum Gasteiger partial charge on any atom is 0.321 e. The number of likely N-dealkylation sites (tertiary alicyclic amines) is 1. The monoisotopic (exact) mass is 306 g/mol. The Morgan fingerprint density at radius 2 is 1.91 bits per heavy atom. The standard InChI is InChI=1S/C17H26N2O3/c1-14-3-5-16(6-4-14)18-17(20)19-9-7-15(8-10-19)13-22-12-11-21-2/h3-6,15H,7-13H2,1-2H3,(H,18,20). The molecule has 0 bridgehead atoms. The highest BCUT2D eigenvalue weighted by atomic mass is 16.5. The highest BCUT2D eigenvalue weighted by Crippen LogP contribution is 2.18. The van der Waals surface area contributed by atoms with Gasteiger partial charge in [-0.15, -0.1) is 0 Å². The van der Waals surface area contributed by atoms with Crippen LogP contribution in [0.25, 0.3) is 0 Å². The summed E-state index contributed by atoms with van der Waals surface area (Å²) in [4.78, 5) is 14.1. The number of urea groups is 1. The molecule has 1 N–H and O–H groups in total. The van der Waals surface area contributed by atoms with E-state index in [4.69, 9.17) is 9.47 Å². The number of piperidine rings is 1. The highest BCUT2D eigenvalue weighted by Gasteiger charge is 2.22. The lowest BCUT2D eigenvalue weighted by Gasteiger charge is -2.31. The van der Waals surface area contributed by atoms with Crippen molar-refractivity contribution in [3.8, 4) is 0 Å². The number of hydrogen-bond donors (Lipinski definition) is 1. The molecule has 1 saturated heterocycles. The number of hydrogen-bond acceptors (Lipinski definition) is 3. The van der Waals surface area contributed by atoms with Crippen molar-refractivity contribution < 1.29 is 14.3 Å². The molecule has 1 aliphatic rings. The molecule has 1 fully saturated rings. The first-order chi connectivity index (χ1) is 10.7. The van der Waals surface area contributed by atoms with Gasteiger partial charge in [-0.3, -0.25) is 0 Å². The Morgan fingerprint density at radius 3 is 2.55 bits per heavy atom. The minimum Gasteiger partial charge on any atom is -0.382 e. The van der Waals surface area contributed by atoms with Gasteiger partial charge in [0.05, 0.1) is 13.2 Å². The summed E-state index contributed by atoms with van der Waals surface area (Å²) in [5, 5.41) is 2.95. The lowest BCUT2D eigenvalue weighted by molar-refractivity contribution is 0.0386. The van der Waals surface area contributed by atoms with Crippen molar-refractivity contribution in [2.24, 2.45) is 5.92 Å². The SMILES string of the molecule is COCCOCC1CCN(C(=O)Nc2ccc(C)cc2)CC1. The van der Waals surface area contributed by atoms with Gasteiger partial charge in [-0.1, -0.05) is 17.7 Å². The van der Waals surface area contributed by atoms with Gasteiger partial charge in [0.15, 0.2) is 0 Å². The maximum atomic E-state index is 12.2. The molecule has 1 aromatic rings. The van der Waals surface area contributed by atoms with Gasteiger partial charge in [0.1, 0.15) is 0 Å². The second kappa shape index (κ2) is 8.76. The van der Waals surface area contributed by atoms with Crippen LogP contribution in [0, 0.1) is 12.8 Å². The second-order valence-electron chi connectivity index (χ2n) is 5.79. The van der Waals surface area contributed by atoms with Crippen LogP contribution in [0.1, 0.15) is 18.4 Å². The number of rotatable bonds is 6. The smallest absolute Gasteiger partial charge is 0.321 e. The topological polar surface area (TPSA) is 50.8 Å². The van der Waals surface area contributed by atoms with E-state index >= 15 is 0 Å². The molecule has 0 atom stereocenters. The third kappa shape index (κ3) is 5.31. The molecule has 5 nitrogen and oxygen atoms in total. The molecule has 2 amide bonds. The van der Waals surface area contributed by atoms with Gasteiger partial charge in [-0.2, -0.15) is 0 Å². The van der Waals surface area contributed by atoms with Crippen LogP contribution in [0.3, 0.4) is 0 Å². The fourth-order valence-electron chi connectivity index (χ4n) is 2.53. The van der Waals surface area contributed by atoms with E-state index in [1.54, 1.807) is 7.11 Å². The maximum absolute atomic E-state index is 12.2. The van der Waals surface area contributed by atoms with Crippen LogP contribution in [-0.2, 0) is 9.47 Å². The van der Waals surface area contributed by atoms with Gasteiger partial charge in [0, 0.05) is 32.5 Å². The van der Waals surface area contributed by atoms with E-state index in [0.29, 0.717) is 19.1 Å². The molecule has 22 heavy (non-hydrogen) atoms. The summed E-state index contributed by atoms with van der Waals surface area (Å²) in [5.74, 6) is 0.542. The van der Waals surface area contributed by atoms with Gasteiger partial charge >= 0.3 is 6.03 Å². The number of aryl methyl sites for hydroxylation is 1. The van der Waals surface area contributed by atoms with Crippen LogP contribution in [0.5, 0.6) is 0 Å². The lowest BCUT2D eigenvalue weighted by atomic mass is 9.98. The summed E-state index contributed by atoms with van der Waals surface area (Å²) in [7, 11) is 1.68. The summed E-state index contributed by atoms with van der Waals surface area (Å²) >= 11 is 0. The first kappa shape index (κ1) is 16.8. The fraction of sp³-hybridized carbons (Fsp3) is 0.588. The van der Waals surface area contributed by atoms with Gasteiger partial charge in [0.25, 0.3) is 0 Å². The van der Waals surface area contributed by atoms with Crippen LogP contribution in [-0.4, -0.2) is 51.0 Å². The minimum absolute atomic E-state index is 0.0115. The number of carbonyl (C=O) groups excluding carboxylic acids is 1. The van der Waals surface area contributed by atoms with E-state index in [1.165, 1.54) is 5.56 Å². The van der Waals surface area contributed by atoms with Crippen LogP contribution in [0.2, 0.25) is 0 Å². The van der Waals surface area contributed by atoms with Gasteiger partial charge < -0.3 is 19.7 Å². The van der Waals surface area contributed by atoms with E-state index in [1.807, 2.05) is 36.1 Å². The van der Waals surface area contributed by atoms with Gasteiger partial charge in [-0.25, -0.2) is 4.79 Å². The third-order valence-corrected chi connectivity index (χ3v) is 3.99. The Bertz CT molecular complexity index is 453. The Labute approximate surface area is 132 Å². The predicted octanol–water partition coefficient (Wildman–Crippen LogP) is 2.90. The minimum atomic E-state index is -0.0115. The van der Waals surface area contributed by atoms with Gasteiger partial charge in [-0.05, 0) is 37.8 Å². The van der Waals surface area contributed by atoms with Crippen molar-refractivity contribution in [2.75, 3.05) is 45.3 Å².